The van der Waals surface area contributed by atoms with Crippen molar-refractivity contribution in [1.82, 2.24) is 10.3 Å². The molecule has 0 radical (unpaired) electrons. The molecule has 1 saturated carbocycles. The molecule has 0 saturated heterocycles. The number of benzene rings is 2. The maximum Gasteiger partial charge on any atom is 0.343 e. The van der Waals surface area contributed by atoms with E-state index in [0.29, 0.717) is 18.5 Å². The highest BCUT2D eigenvalue weighted by atomic mass is 19.1. The summed E-state index contributed by atoms with van der Waals surface area (Å²) in [5.74, 6) is -2.05. The number of hydrogen-bond acceptors (Lipinski definition) is 7. The first kappa shape index (κ1) is 26.3. The highest BCUT2D eigenvalue weighted by Gasteiger charge is 2.44. The highest BCUT2D eigenvalue weighted by Crippen LogP contribution is 2.47. The molecule has 1 aliphatic rings. The first-order valence-corrected chi connectivity index (χ1v) is 12.2. The van der Waals surface area contributed by atoms with E-state index in [2.05, 4.69) is 20.9 Å². The van der Waals surface area contributed by atoms with Crippen LogP contribution in [-0.2, 0) is 0 Å². The summed E-state index contributed by atoms with van der Waals surface area (Å²) >= 11 is 0. The van der Waals surface area contributed by atoms with E-state index in [4.69, 9.17) is 10.00 Å². The van der Waals surface area contributed by atoms with Crippen LogP contribution in [0, 0.1) is 17.1 Å². The van der Waals surface area contributed by atoms with Crippen molar-refractivity contribution in [2.24, 2.45) is 0 Å². The quantitative estimate of drug-likeness (QED) is 0.207. The minimum atomic E-state index is -0.725. The van der Waals surface area contributed by atoms with Gasteiger partial charge in [-0.2, -0.15) is 5.26 Å². The average Bonchev–Trinajstić information content (AvgIpc) is 3.67. The van der Waals surface area contributed by atoms with E-state index in [1.807, 2.05) is 13.0 Å². The van der Waals surface area contributed by atoms with E-state index in [9.17, 15) is 14.4 Å². The minimum Gasteiger partial charge on any atom is -0.422 e. The second kappa shape index (κ2) is 11.5. The number of hydrogen-bond donors (Lipinski definition) is 3. The predicted molar refractivity (Wildman–Crippen MR) is 139 cm³/mol. The average molecular weight is 516 g/mol. The zero-order chi connectivity index (χ0) is 27.2. The number of ether oxygens (including phenoxy) is 1. The largest absolute Gasteiger partial charge is 0.422 e. The first-order chi connectivity index (χ1) is 18.3. The van der Waals surface area contributed by atoms with Gasteiger partial charge in [0.25, 0.3) is 0 Å². The van der Waals surface area contributed by atoms with Gasteiger partial charge in [0.05, 0.1) is 16.7 Å². The number of aromatic nitrogens is 1. The molecule has 1 heterocycles. The van der Waals surface area contributed by atoms with E-state index in [1.165, 1.54) is 30.5 Å². The molecule has 9 nitrogen and oxygen atoms in total. The maximum absolute atomic E-state index is 15.2. The summed E-state index contributed by atoms with van der Waals surface area (Å²) in [4.78, 5) is 42.2. The molecule has 3 aromatic rings. The van der Waals surface area contributed by atoms with Crippen molar-refractivity contribution in [2.45, 2.75) is 38.6 Å². The Kier molecular flexibility index (Phi) is 7.97. The number of carbonyl (C=O) groups excluding carboxylic acids is 3. The van der Waals surface area contributed by atoms with Crippen molar-refractivity contribution in [3.8, 4) is 11.8 Å². The molecule has 3 N–H and O–H groups in total. The molecule has 10 heteroatoms. The van der Waals surface area contributed by atoms with Gasteiger partial charge in [0.15, 0.2) is 5.78 Å². The third-order valence-electron chi connectivity index (χ3n) is 6.05. The van der Waals surface area contributed by atoms with Crippen LogP contribution in [0.25, 0.3) is 0 Å². The lowest BCUT2D eigenvalue weighted by atomic mass is 9.99. The fourth-order valence-electron chi connectivity index (χ4n) is 4.08. The molecule has 38 heavy (non-hydrogen) atoms. The number of nitrogens with one attached hydrogen (secondary N) is 3. The first-order valence-electron chi connectivity index (χ1n) is 12.2. The molecule has 2 aromatic carbocycles. The molecule has 2 atom stereocenters. The van der Waals surface area contributed by atoms with Gasteiger partial charge in [-0.15, -0.1) is 0 Å². The van der Waals surface area contributed by atoms with Crippen LogP contribution in [0.5, 0.6) is 5.75 Å². The van der Waals surface area contributed by atoms with Gasteiger partial charge in [-0.1, -0.05) is 13.0 Å². The van der Waals surface area contributed by atoms with Gasteiger partial charge < -0.3 is 15.4 Å². The number of Topliss-reactive ketones (excluding diaryl/α,β-unsaturated/α-hetero) is 1. The monoisotopic (exact) mass is 515 g/mol. The van der Waals surface area contributed by atoms with Crippen LogP contribution in [0.1, 0.15) is 64.4 Å². The Morgan fingerprint density at radius 1 is 1.16 bits per heavy atom. The van der Waals surface area contributed by atoms with Crippen LogP contribution in [0.2, 0.25) is 0 Å². The summed E-state index contributed by atoms with van der Waals surface area (Å²) in [6, 6.07) is 13.1. The fraction of sp³-hybridized carbons (Fsp3) is 0.250. The number of esters is 1. The summed E-state index contributed by atoms with van der Waals surface area (Å²) < 4.78 is 20.8. The van der Waals surface area contributed by atoms with Crippen molar-refractivity contribution < 1.29 is 23.5 Å². The lowest BCUT2D eigenvalue weighted by molar-refractivity contribution is 0.0730. The minimum absolute atomic E-state index is 0.0716. The number of ketones is 1. The lowest BCUT2D eigenvalue weighted by Crippen LogP contribution is -2.31. The van der Waals surface area contributed by atoms with Crippen LogP contribution in [0.3, 0.4) is 0 Å². The number of pyridine rings is 1. The molecular weight excluding hydrogens is 489 g/mol. The molecule has 4 rings (SSSR count). The molecule has 0 aliphatic heterocycles. The van der Waals surface area contributed by atoms with Crippen LogP contribution in [0.15, 0.2) is 54.7 Å². The van der Waals surface area contributed by atoms with Gasteiger partial charge in [-0.05, 0) is 55.8 Å². The van der Waals surface area contributed by atoms with Gasteiger partial charge in [-0.3, -0.25) is 10.1 Å². The number of anilines is 2. The molecule has 2 amide bonds. The summed E-state index contributed by atoms with van der Waals surface area (Å²) in [5, 5.41) is 17.3. The van der Waals surface area contributed by atoms with Gasteiger partial charge >= 0.3 is 12.0 Å². The van der Waals surface area contributed by atoms with Crippen molar-refractivity contribution >= 4 is 29.3 Å². The number of urea groups is 1. The van der Waals surface area contributed by atoms with E-state index < -0.39 is 29.8 Å². The number of amides is 2. The number of nitrogens with zero attached hydrogens (tertiary/aromatic N) is 2. The summed E-state index contributed by atoms with van der Waals surface area (Å²) in [6.45, 7) is 4.25. The Morgan fingerprint density at radius 2 is 1.97 bits per heavy atom. The zero-order valence-electron chi connectivity index (χ0n) is 20.9. The van der Waals surface area contributed by atoms with E-state index in [1.54, 1.807) is 31.2 Å². The normalized spacial score (nSPS) is 15.6. The lowest BCUT2D eigenvalue weighted by Gasteiger charge is -2.16. The number of halogens is 1. The van der Waals surface area contributed by atoms with Crippen molar-refractivity contribution in [1.29, 1.82) is 5.26 Å². The summed E-state index contributed by atoms with van der Waals surface area (Å²) in [5.41, 5.74) is 1.50. The Morgan fingerprint density at radius 3 is 2.66 bits per heavy atom. The number of rotatable bonds is 9. The molecule has 194 valence electrons. The van der Waals surface area contributed by atoms with Crippen LogP contribution in [0.4, 0.5) is 20.7 Å². The van der Waals surface area contributed by atoms with E-state index in [-0.39, 0.29) is 40.5 Å². The van der Waals surface area contributed by atoms with Gasteiger partial charge in [0.1, 0.15) is 23.5 Å². The van der Waals surface area contributed by atoms with Crippen LogP contribution < -0.4 is 20.7 Å². The second-order valence-corrected chi connectivity index (χ2v) is 8.71. The van der Waals surface area contributed by atoms with E-state index >= 15 is 4.39 Å². The fourth-order valence-corrected chi connectivity index (χ4v) is 4.08. The summed E-state index contributed by atoms with van der Waals surface area (Å²) in [7, 11) is 0. The number of carbonyl (C=O) groups is 3. The van der Waals surface area contributed by atoms with Gasteiger partial charge in [-0.25, -0.2) is 19.0 Å². The van der Waals surface area contributed by atoms with Crippen molar-refractivity contribution in [3.05, 3.63) is 82.8 Å². The van der Waals surface area contributed by atoms with Crippen molar-refractivity contribution in [2.75, 3.05) is 17.2 Å². The molecular formula is C28H26FN5O4. The van der Waals surface area contributed by atoms with Gasteiger partial charge in [0, 0.05) is 42.4 Å². The Labute approximate surface area is 219 Å². The zero-order valence-corrected chi connectivity index (χ0v) is 20.9. The molecule has 1 fully saturated rings. The SMILES string of the molecule is CCNc1cccc(C(=O)Oc2c(C(=O)CC)ccc(F)c2[C@@H]2C[C@@H]2NC(=O)Nc2ccc(C#N)cn2)c1. The standard InChI is InChI=1S/C28H26FN5O4/c1-3-23(35)19-9-10-21(29)25(26(19)38-27(36)17-6-5-7-18(12-17)31-4-2)20-13-22(20)33-28(37)34-24-11-8-16(14-30)15-32-24/h5-12,15,20,22,31H,3-4,13H2,1-2H3,(H2,32,33,34,37)/t20-,22+/m1/s1. The molecule has 0 unspecified atom stereocenters. The Bertz CT molecular complexity index is 1420. The van der Waals surface area contributed by atoms with Crippen LogP contribution >= 0.6 is 0 Å². The second-order valence-electron chi connectivity index (χ2n) is 8.71. The van der Waals surface area contributed by atoms with E-state index in [0.717, 1.165) is 5.69 Å². The third-order valence-corrected chi connectivity index (χ3v) is 6.05. The predicted octanol–water partition coefficient (Wildman–Crippen LogP) is 5.01. The highest BCUT2D eigenvalue weighted by molar-refractivity contribution is 6.01. The van der Waals surface area contributed by atoms with Crippen molar-refractivity contribution in [3.63, 3.8) is 0 Å². The Hall–Kier alpha value is -4.78. The third kappa shape index (κ3) is 5.95. The molecule has 0 spiro atoms. The molecule has 1 aromatic heterocycles. The number of nitriles is 1. The summed E-state index contributed by atoms with van der Waals surface area (Å²) in [6.07, 6.45) is 1.85. The maximum atomic E-state index is 15.2. The smallest absolute Gasteiger partial charge is 0.343 e. The van der Waals surface area contributed by atoms with Gasteiger partial charge in [0.2, 0.25) is 0 Å². The molecule has 1 aliphatic carbocycles. The molecule has 0 bridgehead atoms. The Balaban J connectivity index is 1.55. The van der Waals surface area contributed by atoms with Crippen LogP contribution in [-0.4, -0.2) is 35.4 Å². The topological polar surface area (TPSA) is 133 Å².